The third kappa shape index (κ3) is 24.8. The fourth-order valence-corrected chi connectivity index (χ4v) is 5.33. The molecule has 0 spiro atoms. The molecule has 0 bridgehead atoms. The largest absolute Gasteiger partial charge is 0.394 e. The van der Waals surface area contributed by atoms with Gasteiger partial charge in [0, 0.05) is 6.42 Å². The zero-order chi connectivity index (χ0) is 40.3. The van der Waals surface area contributed by atoms with Crippen molar-refractivity contribution in [3.63, 3.8) is 0 Å². The van der Waals surface area contributed by atoms with Crippen molar-refractivity contribution in [3.05, 3.63) is 12.2 Å². The van der Waals surface area contributed by atoms with Gasteiger partial charge in [-0.05, 0) is 62.7 Å². The topological polar surface area (TPSA) is 224 Å². The Bertz CT molecular complexity index is 1180. The highest BCUT2D eigenvalue weighted by atomic mass is 16.3. The third-order valence-corrected chi connectivity index (χ3v) is 8.08. The van der Waals surface area contributed by atoms with Crippen molar-refractivity contribution in [2.24, 2.45) is 17.8 Å². The van der Waals surface area contributed by atoms with Crippen LogP contribution in [0.5, 0.6) is 0 Å². The minimum absolute atomic E-state index is 0.00588. The maximum Gasteiger partial charge on any atom is 0.243 e. The standard InChI is InChI=1S/C38H69N7O8/c1-9-11-12-13-14-15-16-17-32(47)39-21-33(48)40-22-34(49)44-31(20-27(7)8)38(53)45-29(10-2)36(51)41-23-35(50)43-30(19-26(5)6)37(52)42-28(24-46)18-25(3)4/h14-15,25-31,46H,9-13,16-24H2,1-8H3,(H,39,47)(H,40,48)(H,41,51)(H,42,52)(H,43,50)(H,44,49)(H,45,53)/b15-14+. The molecule has 4 atom stereocenters. The molecule has 0 saturated heterocycles. The van der Waals surface area contributed by atoms with Crippen molar-refractivity contribution in [1.29, 1.82) is 0 Å². The van der Waals surface area contributed by atoms with Crippen LogP contribution in [0.2, 0.25) is 0 Å². The van der Waals surface area contributed by atoms with Crippen LogP contribution in [-0.4, -0.2) is 96.9 Å². The molecular weight excluding hydrogens is 682 g/mol. The second-order valence-electron chi connectivity index (χ2n) is 14.8. The van der Waals surface area contributed by atoms with Crippen molar-refractivity contribution in [3.8, 4) is 0 Å². The van der Waals surface area contributed by atoms with Crippen LogP contribution in [0, 0.1) is 17.8 Å². The first-order chi connectivity index (χ1) is 25.0. The van der Waals surface area contributed by atoms with Crippen LogP contribution in [0.15, 0.2) is 12.2 Å². The minimum Gasteiger partial charge on any atom is -0.394 e. The predicted octanol–water partition coefficient (Wildman–Crippen LogP) is 1.73. The number of unbranched alkanes of at least 4 members (excludes halogenated alkanes) is 3. The lowest BCUT2D eigenvalue weighted by molar-refractivity contribution is -0.133. The van der Waals surface area contributed by atoms with Gasteiger partial charge in [-0.3, -0.25) is 33.6 Å². The van der Waals surface area contributed by atoms with Crippen molar-refractivity contribution in [2.45, 2.75) is 144 Å². The summed E-state index contributed by atoms with van der Waals surface area (Å²) >= 11 is 0. The van der Waals surface area contributed by atoms with E-state index in [4.69, 9.17) is 0 Å². The predicted molar refractivity (Wildman–Crippen MR) is 205 cm³/mol. The van der Waals surface area contributed by atoms with Crippen molar-refractivity contribution in [1.82, 2.24) is 37.2 Å². The van der Waals surface area contributed by atoms with E-state index in [0.29, 0.717) is 19.3 Å². The Labute approximate surface area is 316 Å². The fraction of sp³-hybridized carbons (Fsp3) is 0.763. The van der Waals surface area contributed by atoms with Gasteiger partial charge < -0.3 is 42.3 Å². The summed E-state index contributed by atoms with van der Waals surface area (Å²) in [6.07, 6.45) is 10.6. The van der Waals surface area contributed by atoms with Crippen LogP contribution in [-0.2, 0) is 33.6 Å². The number of carbonyl (C=O) groups is 7. The van der Waals surface area contributed by atoms with Crippen LogP contribution in [0.3, 0.4) is 0 Å². The molecule has 4 unspecified atom stereocenters. The van der Waals surface area contributed by atoms with Crippen LogP contribution < -0.4 is 37.2 Å². The Morgan fingerprint density at radius 2 is 1.02 bits per heavy atom. The number of carbonyl (C=O) groups excluding carboxylic acids is 7. The average Bonchev–Trinajstić information content (AvgIpc) is 3.08. The van der Waals surface area contributed by atoms with Crippen molar-refractivity contribution < 1.29 is 38.7 Å². The van der Waals surface area contributed by atoms with E-state index in [1.807, 2.05) is 47.6 Å². The summed E-state index contributed by atoms with van der Waals surface area (Å²) in [5, 5.41) is 27.8. The summed E-state index contributed by atoms with van der Waals surface area (Å²) in [7, 11) is 0. The third-order valence-electron chi connectivity index (χ3n) is 8.08. The lowest BCUT2D eigenvalue weighted by Crippen LogP contribution is -2.56. The maximum atomic E-state index is 13.2. The smallest absolute Gasteiger partial charge is 0.243 e. The molecule has 15 heteroatoms. The molecule has 0 heterocycles. The molecule has 0 radical (unpaired) electrons. The molecule has 0 aliphatic rings. The molecule has 304 valence electrons. The molecule has 0 aromatic carbocycles. The minimum atomic E-state index is -1.02. The van der Waals surface area contributed by atoms with Gasteiger partial charge in [-0.15, -0.1) is 0 Å². The van der Waals surface area contributed by atoms with E-state index >= 15 is 0 Å². The highest BCUT2D eigenvalue weighted by Crippen LogP contribution is 2.09. The van der Waals surface area contributed by atoms with E-state index < -0.39 is 72.7 Å². The van der Waals surface area contributed by atoms with Gasteiger partial charge in [-0.2, -0.15) is 0 Å². The summed E-state index contributed by atoms with van der Waals surface area (Å²) in [6, 6.07) is -3.35. The van der Waals surface area contributed by atoms with E-state index in [-0.39, 0.29) is 56.1 Å². The van der Waals surface area contributed by atoms with Gasteiger partial charge in [-0.1, -0.05) is 80.4 Å². The number of hydrogen-bond donors (Lipinski definition) is 8. The Morgan fingerprint density at radius 3 is 1.53 bits per heavy atom. The van der Waals surface area contributed by atoms with Crippen LogP contribution in [0.4, 0.5) is 0 Å². The second-order valence-corrected chi connectivity index (χ2v) is 14.8. The molecule has 0 saturated carbocycles. The number of amides is 7. The Morgan fingerprint density at radius 1 is 0.528 bits per heavy atom. The number of allylic oxidation sites excluding steroid dienone is 2. The van der Waals surface area contributed by atoms with Gasteiger partial charge in [0.1, 0.15) is 18.1 Å². The van der Waals surface area contributed by atoms with E-state index in [1.165, 1.54) is 6.42 Å². The quantitative estimate of drug-likeness (QED) is 0.0433. The lowest BCUT2D eigenvalue weighted by atomic mass is 10.0. The van der Waals surface area contributed by atoms with Crippen molar-refractivity contribution in [2.75, 3.05) is 26.2 Å². The van der Waals surface area contributed by atoms with Crippen LogP contribution >= 0.6 is 0 Å². The second kappa shape index (κ2) is 28.5. The normalized spacial score (nSPS) is 13.6. The van der Waals surface area contributed by atoms with Crippen molar-refractivity contribution >= 4 is 41.4 Å². The van der Waals surface area contributed by atoms with Gasteiger partial charge in [0.25, 0.3) is 0 Å². The van der Waals surface area contributed by atoms with Crippen LogP contribution in [0.25, 0.3) is 0 Å². The molecule has 0 aromatic heterocycles. The molecule has 15 nitrogen and oxygen atoms in total. The first-order valence-electron chi connectivity index (χ1n) is 19.3. The molecule has 53 heavy (non-hydrogen) atoms. The molecule has 0 aliphatic heterocycles. The van der Waals surface area contributed by atoms with Gasteiger partial charge in [0.05, 0.1) is 32.3 Å². The number of aliphatic hydroxyl groups is 1. The highest BCUT2D eigenvalue weighted by Gasteiger charge is 2.28. The zero-order valence-corrected chi connectivity index (χ0v) is 33.4. The van der Waals surface area contributed by atoms with Gasteiger partial charge in [0.2, 0.25) is 41.4 Å². The summed E-state index contributed by atoms with van der Waals surface area (Å²) in [4.78, 5) is 88.9. The number of hydrogen-bond acceptors (Lipinski definition) is 8. The van der Waals surface area contributed by atoms with Gasteiger partial charge in [-0.25, -0.2) is 0 Å². The maximum absolute atomic E-state index is 13.2. The van der Waals surface area contributed by atoms with E-state index in [9.17, 15) is 38.7 Å². The van der Waals surface area contributed by atoms with E-state index in [1.54, 1.807) is 6.92 Å². The lowest BCUT2D eigenvalue weighted by Gasteiger charge is -2.25. The highest BCUT2D eigenvalue weighted by molar-refractivity contribution is 5.95. The summed E-state index contributed by atoms with van der Waals surface area (Å²) in [6.45, 7) is 13.9. The van der Waals surface area contributed by atoms with Crippen LogP contribution in [0.1, 0.15) is 120 Å². The molecule has 0 aliphatic carbocycles. The number of rotatable bonds is 28. The zero-order valence-electron chi connectivity index (χ0n) is 33.4. The Hall–Kier alpha value is -4.01. The Balaban J connectivity index is 5.01. The monoisotopic (exact) mass is 752 g/mol. The van der Waals surface area contributed by atoms with E-state index in [0.717, 1.165) is 19.3 Å². The molecule has 0 aromatic rings. The SMILES string of the molecule is CCCCC/C=C/CCC(=O)NCC(=O)NCC(=O)NC(CC(C)C)C(=O)NC(CC)C(=O)NCC(=O)NC(CC(C)C)C(=O)NC(CO)CC(C)C. The summed E-state index contributed by atoms with van der Waals surface area (Å²) < 4.78 is 0. The molecule has 8 N–H and O–H groups in total. The Kier molecular flexibility index (Phi) is 26.3. The molecule has 7 amide bonds. The molecule has 0 rings (SSSR count). The summed E-state index contributed by atoms with van der Waals surface area (Å²) in [5.74, 6) is -3.40. The number of nitrogens with one attached hydrogen (secondary N) is 7. The molecular formula is C38H69N7O8. The summed E-state index contributed by atoms with van der Waals surface area (Å²) in [5.41, 5.74) is 0. The molecule has 0 fully saturated rings. The van der Waals surface area contributed by atoms with E-state index in [2.05, 4.69) is 50.2 Å². The average molecular weight is 752 g/mol. The number of aliphatic hydroxyl groups excluding tert-OH is 1. The van der Waals surface area contributed by atoms with Gasteiger partial charge >= 0.3 is 0 Å². The fourth-order valence-electron chi connectivity index (χ4n) is 5.33. The van der Waals surface area contributed by atoms with Gasteiger partial charge in [0.15, 0.2) is 0 Å². The first kappa shape index (κ1) is 49.0. The first-order valence-corrected chi connectivity index (χ1v) is 19.3.